The number of benzene rings is 1. The van der Waals surface area contributed by atoms with Gasteiger partial charge in [0.1, 0.15) is 16.0 Å². The van der Waals surface area contributed by atoms with E-state index in [0.29, 0.717) is 4.88 Å². The zero-order chi connectivity index (χ0) is 9.10. The van der Waals surface area contributed by atoms with Crippen molar-refractivity contribution in [2.45, 2.75) is 0 Å². The predicted octanol–water partition coefficient (Wildman–Crippen LogP) is 2.68. The maximum atomic E-state index is 8.62. The standard InChI is InChI=1S/C10H6N2S/c11-6-9-7-12-10(13-9)8-4-2-1-3-5-8/h1-5,7H. The molecule has 2 rings (SSSR count). The Kier molecular flexibility index (Phi) is 2.07. The normalized spacial score (nSPS) is 9.46. The van der Waals surface area contributed by atoms with Gasteiger partial charge in [0.15, 0.2) is 0 Å². The maximum absolute atomic E-state index is 8.62. The molecule has 0 bridgehead atoms. The molecule has 0 fully saturated rings. The second-order valence-electron chi connectivity index (χ2n) is 2.51. The largest absolute Gasteiger partial charge is 0.243 e. The fraction of sp³-hybridized carbons (Fsp3) is 0. The van der Waals surface area contributed by atoms with Gasteiger partial charge in [0.2, 0.25) is 0 Å². The molecule has 0 N–H and O–H groups in total. The first-order valence-corrected chi connectivity index (χ1v) is 4.63. The van der Waals surface area contributed by atoms with E-state index in [2.05, 4.69) is 11.1 Å². The Morgan fingerprint density at radius 3 is 2.62 bits per heavy atom. The number of aromatic nitrogens is 1. The summed E-state index contributed by atoms with van der Waals surface area (Å²) < 4.78 is 0. The van der Waals surface area contributed by atoms with Crippen LogP contribution in [0.2, 0.25) is 0 Å². The number of hydrogen-bond acceptors (Lipinski definition) is 3. The van der Waals surface area contributed by atoms with Crippen molar-refractivity contribution in [1.29, 1.82) is 5.26 Å². The van der Waals surface area contributed by atoms with Crippen LogP contribution in [0.15, 0.2) is 36.5 Å². The first-order valence-electron chi connectivity index (χ1n) is 3.81. The third-order valence-corrected chi connectivity index (χ3v) is 2.59. The van der Waals surface area contributed by atoms with E-state index in [9.17, 15) is 0 Å². The molecule has 0 spiro atoms. The van der Waals surface area contributed by atoms with Crippen LogP contribution >= 0.6 is 11.3 Å². The van der Waals surface area contributed by atoms with Crippen molar-refractivity contribution in [3.8, 4) is 16.6 Å². The quantitative estimate of drug-likeness (QED) is 0.686. The summed E-state index contributed by atoms with van der Waals surface area (Å²) in [6.45, 7) is 0. The van der Waals surface area contributed by atoms with E-state index in [1.807, 2.05) is 30.3 Å². The van der Waals surface area contributed by atoms with Crippen molar-refractivity contribution in [3.63, 3.8) is 0 Å². The molecule has 0 unspecified atom stereocenters. The third kappa shape index (κ3) is 1.58. The topological polar surface area (TPSA) is 36.7 Å². The molecule has 1 heterocycles. The molecule has 2 nitrogen and oxygen atoms in total. The summed E-state index contributed by atoms with van der Waals surface area (Å²) in [6.07, 6.45) is 1.60. The van der Waals surface area contributed by atoms with Gasteiger partial charge in [0.25, 0.3) is 0 Å². The molecule has 0 aliphatic rings. The first-order chi connectivity index (χ1) is 6.40. The third-order valence-electron chi connectivity index (χ3n) is 1.64. The van der Waals surface area contributed by atoms with E-state index in [1.54, 1.807) is 6.20 Å². The molecule has 62 valence electrons. The van der Waals surface area contributed by atoms with E-state index in [-0.39, 0.29) is 0 Å². The van der Waals surface area contributed by atoms with E-state index in [4.69, 9.17) is 5.26 Å². The molecule has 1 aromatic carbocycles. The van der Waals surface area contributed by atoms with Crippen LogP contribution in [0, 0.1) is 11.3 Å². The Morgan fingerprint density at radius 1 is 1.23 bits per heavy atom. The molecule has 0 radical (unpaired) electrons. The van der Waals surface area contributed by atoms with Gasteiger partial charge in [-0.2, -0.15) is 5.26 Å². The minimum Gasteiger partial charge on any atom is -0.243 e. The van der Waals surface area contributed by atoms with Gasteiger partial charge in [0.05, 0.1) is 6.20 Å². The van der Waals surface area contributed by atoms with Crippen LogP contribution in [0.25, 0.3) is 10.6 Å². The van der Waals surface area contributed by atoms with Crippen LogP contribution < -0.4 is 0 Å². The average Bonchev–Trinajstić information content (AvgIpc) is 2.67. The summed E-state index contributed by atoms with van der Waals surface area (Å²) in [6, 6.07) is 11.9. The molecule has 13 heavy (non-hydrogen) atoms. The van der Waals surface area contributed by atoms with Crippen LogP contribution in [-0.4, -0.2) is 4.98 Å². The lowest BCUT2D eigenvalue weighted by Gasteiger charge is -1.91. The van der Waals surface area contributed by atoms with Crippen LogP contribution in [0.3, 0.4) is 0 Å². The molecule has 1 aromatic heterocycles. The number of thiazole rings is 1. The van der Waals surface area contributed by atoms with Gasteiger partial charge >= 0.3 is 0 Å². The molecular formula is C10H6N2S. The number of hydrogen-bond donors (Lipinski definition) is 0. The highest BCUT2D eigenvalue weighted by Crippen LogP contribution is 2.23. The molecular weight excluding hydrogens is 180 g/mol. The van der Waals surface area contributed by atoms with E-state index in [1.165, 1.54) is 11.3 Å². The molecule has 0 aliphatic heterocycles. The number of nitriles is 1. The molecule has 2 aromatic rings. The second-order valence-corrected chi connectivity index (χ2v) is 3.54. The predicted molar refractivity (Wildman–Crippen MR) is 52.3 cm³/mol. The van der Waals surface area contributed by atoms with E-state index < -0.39 is 0 Å². The molecule has 0 saturated heterocycles. The van der Waals surface area contributed by atoms with Gasteiger partial charge in [-0.1, -0.05) is 30.3 Å². The molecule has 0 saturated carbocycles. The highest BCUT2D eigenvalue weighted by Gasteiger charge is 2.02. The van der Waals surface area contributed by atoms with E-state index >= 15 is 0 Å². The first kappa shape index (κ1) is 7.96. The number of rotatable bonds is 1. The SMILES string of the molecule is N#Cc1cnc(-c2ccccc2)s1. The maximum Gasteiger partial charge on any atom is 0.125 e. The molecule has 0 amide bonds. The minimum atomic E-state index is 0.652. The summed E-state index contributed by atoms with van der Waals surface area (Å²) in [5, 5.41) is 9.52. The van der Waals surface area contributed by atoms with Crippen molar-refractivity contribution in [2.24, 2.45) is 0 Å². The average molecular weight is 186 g/mol. The van der Waals surface area contributed by atoms with Crippen molar-refractivity contribution in [1.82, 2.24) is 4.98 Å². The summed E-state index contributed by atoms with van der Waals surface area (Å²) in [5.74, 6) is 0. The second kappa shape index (κ2) is 3.38. The zero-order valence-corrected chi connectivity index (χ0v) is 7.58. The van der Waals surface area contributed by atoms with Crippen LogP contribution in [0.5, 0.6) is 0 Å². The Bertz CT molecular complexity index is 439. The highest BCUT2D eigenvalue weighted by atomic mass is 32.1. The van der Waals surface area contributed by atoms with Crippen molar-refractivity contribution < 1.29 is 0 Å². The summed E-state index contributed by atoms with van der Waals surface area (Å²) in [4.78, 5) is 4.81. The minimum absolute atomic E-state index is 0.652. The Morgan fingerprint density at radius 2 is 2.00 bits per heavy atom. The lowest BCUT2D eigenvalue weighted by atomic mass is 10.2. The van der Waals surface area contributed by atoms with Crippen LogP contribution in [0.1, 0.15) is 4.88 Å². The smallest absolute Gasteiger partial charge is 0.125 e. The summed E-state index contributed by atoms with van der Waals surface area (Å²) in [5.41, 5.74) is 1.06. The van der Waals surface area contributed by atoms with E-state index in [0.717, 1.165) is 10.6 Å². The zero-order valence-electron chi connectivity index (χ0n) is 6.77. The van der Waals surface area contributed by atoms with Gasteiger partial charge in [-0.05, 0) is 0 Å². The van der Waals surface area contributed by atoms with Gasteiger partial charge < -0.3 is 0 Å². The fourth-order valence-electron chi connectivity index (χ4n) is 1.04. The van der Waals surface area contributed by atoms with Crippen LogP contribution in [-0.2, 0) is 0 Å². The summed E-state index contributed by atoms with van der Waals surface area (Å²) >= 11 is 1.41. The number of nitrogens with zero attached hydrogens (tertiary/aromatic N) is 2. The summed E-state index contributed by atoms with van der Waals surface area (Å²) in [7, 11) is 0. The van der Waals surface area contributed by atoms with Crippen LogP contribution in [0.4, 0.5) is 0 Å². The Hall–Kier alpha value is -1.66. The lowest BCUT2D eigenvalue weighted by Crippen LogP contribution is -1.71. The van der Waals surface area contributed by atoms with Gasteiger partial charge in [-0.15, -0.1) is 11.3 Å². The lowest BCUT2D eigenvalue weighted by molar-refractivity contribution is 1.40. The van der Waals surface area contributed by atoms with Crippen molar-refractivity contribution in [2.75, 3.05) is 0 Å². The monoisotopic (exact) mass is 186 g/mol. The van der Waals surface area contributed by atoms with Crippen molar-refractivity contribution >= 4 is 11.3 Å². The Balaban J connectivity index is 2.43. The molecule has 3 heteroatoms. The van der Waals surface area contributed by atoms with Gasteiger partial charge in [-0.3, -0.25) is 0 Å². The van der Waals surface area contributed by atoms with Gasteiger partial charge in [0, 0.05) is 5.56 Å². The molecule has 0 aliphatic carbocycles. The van der Waals surface area contributed by atoms with Crippen molar-refractivity contribution in [3.05, 3.63) is 41.4 Å². The van der Waals surface area contributed by atoms with Gasteiger partial charge in [-0.25, -0.2) is 4.98 Å². The fourth-order valence-corrected chi connectivity index (χ4v) is 1.76. The Labute approximate surface area is 80.1 Å². The molecule has 0 atom stereocenters. The highest BCUT2D eigenvalue weighted by molar-refractivity contribution is 7.15.